The zero-order chi connectivity index (χ0) is 17.8. The van der Waals surface area contributed by atoms with Crippen molar-refractivity contribution in [3.8, 4) is 22.8 Å². The van der Waals surface area contributed by atoms with Gasteiger partial charge in [0.05, 0.1) is 11.9 Å². The van der Waals surface area contributed by atoms with E-state index in [1.54, 1.807) is 26.4 Å². The van der Waals surface area contributed by atoms with E-state index in [2.05, 4.69) is 34.3 Å². The van der Waals surface area contributed by atoms with Gasteiger partial charge in [-0.1, -0.05) is 23.8 Å². The molecule has 5 nitrogen and oxygen atoms in total. The van der Waals surface area contributed by atoms with Gasteiger partial charge >= 0.3 is 0 Å². The third kappa shape index (κ3) is 3.83. The number of pyridine rings is 2. The Morgan fingerprint density at radius 2 is 1.92 bits per heavy atom. The molecule has 0 radical (unpaired) electrons. The minimum atomic E-state index is 0.428. The van der Waals surface area contributed by atoms with Crippen LogP contribution in [0.3, 0.4) is 0 Å². The lowest BCUT2D eigenvalue weighted by atomic mass is 10.1. The molecule has 0 bridgehead atoms. The number of nitrogens with zero attached hydrogens (tertiary/aromatic N) is 2. The third-order valence-corrected chi connectivity index (χ3v) is 3.78. The molecule has 0 amide bonds. The van der Waals surface area contributed by atoms with Crippen LogP contribution in [0.4, 0.5) is 5.82 Å². The summed E-state index contributed by atoms with van der Waals surface area (Å²) in [5, 5.41) is 10.9. The molecule has 0 aliphatic heterocycles. The van der Waals surface area contributed by atoms with Crippen LogP contribution in [0.5, 0.6) is 11.5 Å². The Labute approximate surface area is 147 Å². The summed E-state index contributed by atoms with van der Waals surface area (Å²) in [6, 6.07) is 13.7. The second kappa shape index (κ2) is 7.13. The van der Waals surface area contributed by atoms with E-state index in [1.165, 1.54) is 5.56 Å². The molecule has 5 heteroatoms. The molecule has 3 rings (SSSR count). The molecule has 0 aliphatic carbocycles. The lowest BCUT2D eigenvalue weighted by Crippen LogP contribution is -2.03. The monoisotopic (exact) mass is 332 g/mol. The van der Waals surface area contributed by atoms with E-state index in [0.717, 1.165) is 11.3 Å². The molecule has 0 spiro atoms. The topological polar surface area (TPSA) is 70.9 Å². The standard InChI is InChI=1S/C20H20N4O/c1-13-5-4-6-15(9-13)19-11-16(7-8-23-19)25-17-10-18(14(2)21)20(22-3)24-12-17/h4-12,21H,1-3H3,(H,22,24). The van der Waals surface area contributed by atoms with Crippen molar-refractivity contribution in [2.45, 2.75) is 13.8 Å². The molecule has 25 heavy (non-hydrogen) atoms. The number of benzene rings is 1. The predicted molar refractivity (Wildman–Crippen MR) is 101 cm³/mol. The van der Waals surface area contributed by atoms with Gasteiger partial charge in [-0.15, -0.1) is 0 Å². The first-order chi connectivity index (χ1) is 12.1. The van der Waals surface area contributed by atoms with Crippen molar-refractivity contribution in [2.24, 2.45) is 0 Å². The van der Waals surface area contributed by atoms with Crippen LogP contribution in [0.1, 0.15) is 18.1 Å². The summed E-state index contributed by atoms with van der Waals surface area (Å²) < 4.78 is 5.93. The molecular formula is C20H20N4O. The molecule has 0 unspecified atom stereocenters. The summed E-state index contributed by atoms with van der Waals surface area (Å²) in [5.74, 6) is 1.93. The second-order valence-corrected chi connectivity index (χ2v) is 5.79. The molecule has 2 aromatic heterocycles. The van der Waals surface area contributed by atoms with Gasteiger partial charge in [-0.25, -0.2) is 4.98 Å². The lowest BCUT2D eigenvalue weighted by molar-refractivity contribution is 0.480. The number of nitrogens with one attached hydrogen (secondary N) is 2. The summed E-state index contributed by atoms with van der Waals surface area (Å²) in [6.07, 6.45) is 3.37. The minimum absolute atomic E-state index is 0.428. The highest BCUT2D eigenvalue weighted by Crippen LogP contribution is 2.27. The summed E-state index contributed by atoms with van der Waals surface area (Å²) in [5.41, 5.74) is 4.23. The van der Waals surface area contributed by atoms with Gasteiger partial charge < -0.3 is 15.5 Å². The first-order valence-corrected chi connectivity index (χ1v) is 8.01. The Morgan fingerprint density at radius 3 is 2.64 bits per heavy atom. The first-order valence-electron chi connectivity index (χ1n) is 8.01. The van der Waals surface area contributed by atoms with Crippen LogP contribution in [0, 0.1) is 12.3 Å². The fraction of sp³-hybridized carbons (Fsp3) is 0.150. The minimum Gasteiger partial charge on any atom is -0.456 e. The molecule has 0 saturated carbocycles. The van der Waals surface area contributed by atoms with E-state index in [4.69, 9.17) is 10.1 Å². The van der Waals surface area contributed by atoms with Crippen LogP contribution in [-0.2, 0) is 0 Å². The maximum Gasteiger partial charge on any atom is 0.146 e. The summed E-state index contributed by atoms with van der Waals surface area (Å²) in [7, 11) is 1.78. The molecule has 2 heterocycles. The molecular weight excluding hydrogens is 312 g/mol. The molecule has 0 atom stereocenters. The molecule has 126 valence electrons. The Morgan fingerprint density at radius 1 is 1.08 bits per heavy atom. The van der Waals surface area contributed by atoms with Gasteiger partial charge in [0.15, 0.2) is 0 Å². The number of anilines is 1. The number of rotatable bonds is 5. The lowest BCUT2D eigenvalue weighted by Gasteiger charge is -2.11. The smallest absolute Gasteiger partial charge is 0.146 e. The van der Waals surface area contributed by atoms with Crippen molar-refractivity contribution in [3.05, 3.63) is 66.0 Å². The Hall–Kier alpha value is -3.21. The van der Waals surface area contributed by atoms with Crippen LogP contribution < -0.4 is 10.1 Å². The zero-order valence-corrected chi connectivity index (χ0v) is 14.5. The highest BCUT2D eigenvalue weighted by molar-refractivity contribution is 6.00. The van der Waals surface area contributed by atoms with Gasteiger partial charge in [-0.05, 0) is 32.0 Å². The second-order valence-electron chi connectivity index (χ2n) is 5.79. The normalized spacial score (nSPS) is 10.4. The molecule has 0 aliphatic rings. The van der Waals surface area contributed by atoms with Crippen LogP contribution in [0.2, 0.25) is 0 Å². The fourth-order valence-corrected chi connectivity index (χ4v) is 2.56. The van der Waals surface area contributed by atoms with E-state index in [9.17, 15) is 0 Å². The molecule has 2 N–H and O–H groups in total. The fourth-order valence-electron chi connectivity index (χ4n) is 2.56. The number of aromatic nitrogens is 2. The first kappa shape index (κ1) is 16.6. The average Bonchev–Trinajstić information content (AvgIpc) is 2.62. The van der Waals surface area contributed by atoms with Crippen LogP contribution in [0.25, 0.3) is 11.3 Å². The van der Waals surface area contributed by atoms with Gasteiger partial charge in [0.2, 0.25) is 0 Å². The zero-order valence-electron chi connectivity index (χ0n) is 14.5. The summed E-state index contributed by atoms with van der Waals surface area (Å²) >= 11 is 0. The van der Waals surface area contributed by atoms with Gasteiger partial charge in [-0.3, -0.25) is 4.98 Å². The highest BCUT2D eigenvalue weighted by Gasteiger charge is 2.09. The Kier molecular flexibility index (Phi) is 4.75. The van der Waals surface area contributed by atoms with Crippen molar-refractivity contribution in [3.63, 3.8) is 0 Å². The summed E-state index contributed by atoms with van der Waals surface area (Å²) in [4.78, 5) is 8.74. The quantitative estimate of drug-likeness (QED) is 0.666. The maximum atomic E-state index is 7.88. The van der Waals surface area contributed by atoms with Crippen molar-refractivity contribution >= 4 is 11.5 Å². The van der Waals surface area contributed by atoms with E-state index >= 15 is 0 Å². The Bertz CT molecular complexity index is 921. The Balaban J connectivity index is 1.90. The van der Waals surface area contributed by atoms with E-state index in [-0.39, 0.29) is 0 Å². The molecule has 0 fully saturated rings. The average molecular weight is 332 g/mol. The molecule has 3 aromatic rings. The van der Waals surface area contributed by atoms with Gasteiger partial charge in [0.1, 0.15) is 17.3 Å². The summed E-state index contributed by atoms with van der Waals surface area (Å²) in [6.45, 7) is 3.78. The van der Waals surface area contributed by atoms with Gasteiger partial charge in [0, 0.05) is 36.1 Å². The van der Waals surface area contributed by atoms with Crippen molar-refractivity contribution in [2.75, 3.05) is 12.4 Å². The predicted octanol–water partition coefficient (Wildman–Crippen LogP) is 4.67. The number of aryl methyl sites for hydroxylation is 1. The van der Waals surface area contributed by atoms with E-state index < -0.39 is 0 Å². The van der Waals surface area contributed by atoms with Crippen LogP contribution in [0.15, 0.2) is 54.9 Å². The number of ether oxygens (including phenoxy) is 1. The van der Waals surface area contributed by atoms with Gasteiger partial charge in [0.25, 0.3) is 0 Å². The molecule has 0 saturated heterocycles. The number of hydrogen-bond acceptors (Lipinski definition) is 5. The SMILES string of the molecule is CNc1ncc(Oc2ccnc(-c3cccc(C)c3)c2)cc1C(C)=N. The van der Waals surface area contributed by atoms with Crippen LogP contribution in [-0.4, -0.2) is 22.7 Å². The van der Waals surface area contributed by atoms with E-state index in [0.29, 0.717) is 28.6 Å². The van der Waals surface area contributed by atoms with Crippen LogP contribution >= 0.6 is 0 Å². The van der Waals surface area contributed by atoms with Crippen molar-refractivity contribution < 1.29 is 4.74 Å². The third-order valence-electron chi connectivity index (χ3n) is 3.78. The largest absolute Gasteiger partial charge is 0.456 e. The number of hydrogen-bond donors (Lipinski definition) is 2. The molecule has 1 aromatic carbocycles. The van der Waals surface area contributed by atoms with Crippen molar-refractivity contribution in [1.82, 2.24) is 9.97 Å². The van der Waals surface area contributed by atoms with Crippen molar-refractivity contribution in [1.29, 1.82) is 5.41 Å². The van der Waals surface area contributed by atoms with E-state index in [1.807, 2.05) is 30.3 Å². The van der Waals surface area contributed by atoms with Gasteiger partial charge in [-0.2, -0.15) is 0 Å². The highest BCUT2D eigenvalue weighted by atomic mass is 16.5. The maximum absolute atomic E-state index is 7.88.